The molecule has 0 fully saturated rings. The zero-order chi connectivity index (χ0) is 21.6. The van der Waals surface area contributed by atoms with Crippen molar-refractivity contribution in [2.75, 3.05) is 32.7 Å². The van der Waals surface area contributed by atoms with Crippen LogP contribution >= 0.6 is 67.8 Å². The van der Waals surface area contributed by atoms with Gasteiger partial charge in [-0.25, -0.2) is 4.79 Å². The first-order chi connectivity index (χ1) is 13.1. The zero-order valence-corrected chi connectivity index (χ0v) is 21.0. The predicted molar refractivity (Wildman–Crippen MR) is 124 cm³/mol. The first-order valence-corrected chi connectivity index (χ1v) is 10.7. The van der Waals surface area contributed by atoms with E-state index in [4.69, 9.17) is 14.9 Å². The van der Waals surface area contributed by atoms with Gasteiger partial charge in [-0.2, -0.15) is 0 Å². The zero-order valence-electron chi connectivity index (χ0n) is 14.6. The summed E-state index contributed by atoms with van der Waals surface area (Å²) in [6.07, 6.45) is 0. The van der Waals surface area contributed by atoms with Gasteiger partial charge < -0.3 is 30.9 Å². The van der Waals surface area contributed by atoms with Gasteiger partial charge in [-0.15, -0.1) is 0 Å². The number of benzene rings is 1. The summed E-state index contributed by atoms with van der Waals surface area (Å²) in [4.78, 5) is 48.2. The van der Waals surface area contributed by atoms with Crippen molar-refractivity contribution in [2.45, 2.75) is 6.04 Å². The lowest BCUT2D eigenvalue weighted by Gasteiger charge is -2.20. The summed E-state index contributed by atoms with van der Waals surface area (Å²) in [5.74, 6) is -3.20. The van der Waals surface area contributed by atoms with E-state index in [0.29, 0.717) is 7.14 Å². The highest BCUT2D eigenvalue weighted by Crippen LogP contribution is 2.35. The van der Waals surface area contributed by atoms with Crippen LogP contribution in [0.1, 0.15) is 20.7 Å². The number of aliphatic hydroxyl groups excluding tert-OH is 1. The maximum atomic E-state index is 12.7. The first kappa shape index (κ1) is 25.2. The molecule has 3 amide bonds. The molecule has 10 nitrogen and oxygen atoms in total. The Morgan fingerprint density at radius 2 is 1.57 bits per heavy atom. The summed E-state index contributed by atoms with van der Waals surface area (Å²) in [6.45, 7) is -1.04. The van der Waals surface area contributed by atoms with Gasteiger partial charge in [0.1, 0.15) is 6.61 Å². The summed E-state index contributed by atoms with van der Waals surface area (Å²) >= 11 is 5.52. The Morgan fingerprint density at radius 1 is 1.04 bits per heavy atom. The second kappa shape index (κ2) is 11.4. The van der Waals surface area contributed by atoms with Crippen LogP contribution in [0.15, 0.2) is 0 Å². The predicted octanol–water partition coefficient (Wildman–Crippen LogP) is 0.620. The lowest BCUT2D eigenvalue weighted by Crippen LogP contribution is -2.44. The van der Waals surface area contributed by atoms with E-state index in [9.17, 15) is 19.2 Å². The number of halogens is 3. The average molecular weight is 731 g/mol. The molecule has 28 heavy (non-hydrogen) atoms. The molecule has 1 aromatic carbocycles. The van der Waals surface area contributed by atoms with Gasteiger partial charge in [-0.05, 0) is 67.8 Å². The van der Waals surface area contributed by atoms with Crippen LogP contribution in [-0.4, -0.2) is 67.3 Å². The van der Waals surface area contributed by atoms with Crippen LogP contribution < -0.4 is 16.0 Å². The van der Waals surface area contributed by atoms with Crippen molar-refractivity contribution in [1.82, 2.24) is 10.6 Å². The second-order valence-electron chi connectivity index (χ2n) is 5.17. The molecule has 0 radical (unpaired) electrons. The number of carbonyl (C=O) groups excluding carboxylic acids is 3. The molecule has 0 saturated heterocycles. The number of aliphatic carboxylic acids is 1. The normalized spacial score (nSPS) is 11.5. The number of carboxylic acids is 1. The monoisotopic (exact) mass is 731 g/mol. The molecule has 0 aromatic heterocycles. The molecule has 0 unspecified atom stereocenters. The van der Waals surface area contributed by atoms with Crippen molar-refractivity contribution in [2.24, 2.45) is 0 Å². The molecule has 1 aromatic rings. The van der Waals surface area contributed by atoms with Crippen molar-refractivity contribution in [3.8, 4) is 0 Å². The fourth-order valence-corrected chi connectivity index (χ4v) is 6.44. The summed E-state index contributed by atoms with van der Waals surface area (Å²) in [7, 11) is 2.76. The Hall–Kier alpha value is -0.790. The summed E-state index contributed by atoms with van der Waals surface area (Å²) in [5, 5.41) is 25.5. The number of nitrogens with one attached hydrogen (secondary N) is 3. The minimum Gasteiger partial charge on any atom is -0.480 e. The van der Waals surface area contributed by atoms with Crippen molar-refractivity contribution in [1.29, 1.82) is 0 Å². The largest absolute Gasteiger partial charge is 0.480 e. The standard InChI is InChI=1S/C15H16I3N3O7/c1-19-13(24)7-9(16)8(14(25)20-5(3-22)15(26)27)11(18)12(10(7)17)21-6(23)4-28-2/h5,22H,3-4H2,1-2H3,(H,19,24)(H,20,25)(H,21,23)(H,26,27)/t5-/m0/s1. The number of ether oxygens (including phenoxy) is 1. The van der Waals surface area contributed by atoms with E-state index in [1.165, 1.54) is 14.2 Å². The van der Waals surface area contributed by atoms with Crippen molar-refractivity contribution >= 4 is 97.2 Å². The van der Waals surface area contributed by atoms with Crippen molar-refractivity contribution < 1.29 is 34.1 Å². The van der Waals surface area contributed by atoms with Crippen LogP contribution in [0.4, 0.5) is 5.69 Å². The molecular formula is C15H16I3N3O7. The molecule has 154 valence electrons. The number of methoxy groups -OCH3 is 1. The number of aliphatic hydroxyl groups is 1. The highest BCUT2D eigenvalue weighted by Gasteiger charge is 2.30. The fourth-order valence-electron chi connectivity index (χ4n) is 2.02. The Morgan fingerprint density at radius 3 is 2.00 bits per heavy atom. The Balaban J connectivity index is 3.61. The first-order valence-electron chi connectivity index (χ1n) is 7.46. The molecular weight excluding hydrogens is 715 g/mol. The lowest BCUT2D eigenvalue weighted by molar-refractivity contribution is -0.140. The average Bonchev–Trinajstić information content (AvgIpc) is 2.62. The Labute approximate surface area is 200 Å². The van der Waals surface area contributed by atoms with Gasteiger partial charge in [0.05, 0.1) is 30.6 Å². The number of hydrogen-bond acceptors (Lipinski definition) is 6. The lowest BCUT2D eigenvalue weighted by atomic mass is 10.1. The molecule has 0 bridgehead atoms. The van der Waals surface area contributed by atoms with E-state index >= 15 is 0 Å². The summed E-state index contributed by atoms with van der Waals surface area (Å²) in [6, 6.07) is -1.52. The number of amides is 3. The minimum absolute atomic E-state index is 0.00707. The van der Waals surface area contributed by atoms with E-state index in [1.54, 1.807) is 0 Å². The smallest absolute Gasteiger partial charge is 0.328 e. The van der Waals surface area contributed by atoms with Crippen LogP contribution in [0, 0.1) is 10.7 Å². The van der Waals surface area contributed by atoms with Crippen molar-refractivity contribution in [3.63, 3.8) is 0 Å². The molecule has 0 aliphatic heterocycles. The number of hydrogen-bond donors (Lipinski definition) is 5. The number of carbonyl (C=O) groups is 4. The minimum atomic E-state index is -1.52. The molecule has 0 heterocycles. The number of carboxylic acid groups (broad SMARTS) is 1. The molecule has 0 spiro atoms. The number of rotatable bonds is 8. The topological polar surface area (TPSA) is 154 Å². The van der Waals surface area contributed by atoms with Crippen LogP contribution in [0.25, 0.3) is 0 Å². The van der Waals surface area contributed by atoms with E-state index in [1.807, 2.05) is 67.8 Å². The Bertz CT molecular complexity index is 817. The van der Waals surface area contributed by atoms with Gasteiger partial charge in [-0.1, -0.05) is 0 Å². The highest BCUT2D eigenvalue weighted by atomic mass is 127. The van der Waals surface area contributed by atoms with Crippen LogP contribution in [0.5, 0.6) is 0 Å². The van der Waals surface area contributed by atoms with Crippen molar-refractivity contribution in [3.05, 3.63) is 21.8 Å². The van der Waals surface area contributed by atoms with E-state index in [-0.39, 0.29) is 27.0 Å². The molecule has 0 aliphatic carbocycles. The van der Waals surface area contributed by atoms with Gasteiger partial charge in [-0.3, -0.25) is 14.4 Å². The molecule has 5 N–H and O–H groups in total. The summed E-state index contributed by atoms with van der Waals surface area (Å²) in [5.41, 5.74) is 0.383. The third-order valence-corrected chi connectivity index (χ3v) is 6.56. The van der Waals surface area contributed by atoms with E-state index in [2.05, 4.69) is 16.0 Å². The fraction of sp³-hybridized carbons (Fsp3) is 0.333. The van der Waals surface area contributed by atoms with Gasteiger partial charge in [0.25, 0.3) is 11.8 Å². The van der Waals surface area contributed by atoms with Crippen LogP contribution in [-0.2, 0) is 14.3 Å². The quantitative estimate of drug-likeness (QED) is 0.246. The van der Waals surface area contributed by atoms with E-state index in [0.717, 1.165) is 0 Å². The van der Waals surface area contributed by atoms with Gasteiger partial charge in [0.2, 0.25) is 5.91 Å². The highest BCUT2D eigenvalue weighted by molar-refractivity contribution is 14.1. The molecule has 0 saturated carbocycles. The summed E-state index contributed by atoms with van der Waals surface area (Å²) < 4.78 is 5.77. The van der Waals surface area contributed by atoms with Crippen LogP contribution in [0.3, 0.4) is 0 Å². The third-order valence-electron chi connectivity index (χ3n) is 3.32. The van der Waals surface area contributed by atoms with Gasteiger partial charge in [0, 0.05) is 17.7 Å². The number of anilines is 1. The van der Waals surface area contributed by atoms with E-state index < -0.39 is 36.3 Å². The molecule has 1 rings (SSSR count). The maximum Gasteiger partial charge on any atom is 0.328 e. The third kappa shape index (κ3) is 5.86. The molecule has 0 aliphatic rings. The SMILES string of the molecule is CNC(=O)c1c(I)c(NC(=O)COC)c(I)c(C(=O)N[C@@H](CO)C(=O)O)c1I. The van der Waals surface area contributed by atoms with Crippen LogP contribution in [0.2, 0.25) is 0 Å². The molecule has 13 heteroatoms. The second-order valence-corrected chi connectivity index (χ2v) is 8.41. The Kier molecular flexibility index (Phi) is 10.3. The molecule has 1 atom stereocenters. The maximum absolute atomic E-state index is 12.7. The van der Waals surface area contributed by atoms with Gasteiger partial charge in [0.15, 0.2) is 6.04 Å². The van der Waals surface area contributed by atoms with Gasteiger partial charge >= 0.3 is 5.97 Å².